The van der Waals surface area contributed by atoms with Crippen molar-refractivity contribution >= 4 is 39.9 Å². The highest BCUT2D eigenvalue weighted by molar-refractivity contribution is 7.12. The van der Waals surface area contributed by atoms with Crippen molar-refractivity contribution < 1.29 is 14.7 Å². The SMILES string of the molecule is CN(C)CCCn1c(=O)c(C(=O)O)c(N2CCN(C(=O)c3cccs3)CC2)c2cccnc21. The van der Waals surface area contributed by atoms with Crippen LogP contribution >= 0.6 is 11.3 Å². The average molecular weight is 470 g/mol. The Morgan fingerprint density at radius 1 is 1.15 bits per heavy atom. The number of carbonyl (C=O) groups excluding carboxylic acids is 1. The van der Waals surface area contributed by atoms with Gasteiger partial charge in [-0.25, -0.2) is 9.78 Å². The van der Waals surface area contributed by atoms with Gasteiger partial charge in [0.25, 0.3) is 11.5 Å². The fourth-order valence-corrected chi connectivity index (χ4v) is 4.92. The fraction of sp³-hybridized carbons (Fsp3) is 0.391. The Balaban J connectivity index is 1.69. The van der Waals surface area contributed by atoms with E-state index >= 15 is 0 Å². The minimum Gasteiger partial charge on any atom is -0.477 e. The van der Waals surface area contributed by atoms with Gasteiger partial charge in [0.05, 0.1) is 10.6 Å². The van der Waals surface area contributed by atoms with Crippen LogP contribution in [0.5, 0.6) is 0 Å². The molecule has 1 aliphatic heterocycles. The number of carboxylic acids is 1. The van der Waals surface area contributed by atoms with E-state index in [4.69, 9.17) is 0 Å². The zero-order valence-electron chi connectivity index (χ0n) is 18.7. The van der Waals surface area contributed by atoms with Gasteiger partial charge in [0.2, 0.25) is 0 Å². The lowest BCUT2D eigenvalue weighted by molar-refractivity contribution is 0.0691. The number of aromatic carboxylic acids is 1. The second-order valence-corrected chi connectivity index (χ2v) is 9.22. The van der Waals surface area contributed by atoms with Crippen molar-refractivity contribution in [2.24, 2.45) is 0 Å². The molecule has 4 heterocycles. The number of amides is 1. The first kappa shape index (κ1) is 22.9. The number of fused-ring (bicyclic) bond motifs is 1. The zero-order chi connectivity index (χ0) is 23.5. The molecule has 1 amide bonds. The number of anilines is 1. The molecular formula is C23H27N5O4S. The van der Waals surface area contributed by atoms with Crippen LogP contribution in [-0.4, -0.2) is 83.2 Å². The van der Waals surface area contributed by atoms with E-state index in [0.29, 0.717) is 60.7 Å². The Bertz CT molecular complexity index is 1210. The van der Waals surface area contributed by atoms with E-state index in [0.717, 1.165) is 6.54 Å². The fourth-order valence-electron chi connectivity index (χ4n) is 4.23. The highest BCUT2D eigenvalue weighted by Gasteiger charge is 2.30. The molecule has 0 atom stereocenters. The number of rotatable bonds is 7. The molecular weight excluding hydrogens is 442 g/mol. The lowest BCUT2D eigenvalue weighted by Crippen LogP contribution is -2.49. The summed E-state index contributed by atoms with van der Waals surface area (Å²) >= 11 is 1.40. The normalized spacial score (nSPS) is 14.3. The van der Waals surface area contributed by atoms with Gasteiger partial charge in [0.1, 0.15) is 11.2 Å². The van der Waals surface area contributed by atoms with E-state index in [9.17, 15) is 19.5 Å². The van der Waals surface area contributed by atoms with Crippen LogP contribution in [0.15, 0.2) is 40.6 Å². The number of carbonyl (C=O) groups is 2. The summed E-state index contributed by atoms with van der Waals surface area (Å²) in [5.74, 6) is -1.27. The molecule has 0 spiro atoms. The quantitative estimate of drug-likeness (QED) is 0.566. The van der Waals surface area contributed by atoms with Crippen LogP contribution in [0.4, 0.5) is 5.69 Å². The standard InChI is InChI=1S/C23H27N5O4S/c1-25(2)9-5-10-28-20-16(6-3-8-24-20)19(18(22(28)30)23(31)32)26-11-13-27(14-12-26)21(29)17-7-4-15-33-17/h3-4,6-8,15H,5,9-14H2,1-2H3,(H,31,32). The molecule has 1 N–H and O–H groups in total. The van der Waals surface area contributed by atoms with Gasteiger partial charge in [-0.05, 0) is 50.6 Å². The Hall–Kier alpha value is -3.24. The predicted octanol–water partition coefficient (Wildman–Crippen LogP) is 2.07. The number of hydrogen-bond acceptors (Lipinski definition) is 7. The van der Waals surface area contributed by atoms with Crippen molar-refractivity contribution in [3.8, 4) is 0 Å². The molecule has 0 unspecified atom stereocenters. The first-order valence-electron chi connectivity index (χ1n) is 10.9. The summed E-state index contributed by atoms with van der Waals surface area (Å²) in [7, 11) is 3.90. The molecule has 0 saturated carbocycles. The van der Waals surface area contributed by atoms with E-state index in [2.05, 4.69) is 4.98 Å². The molecule has 33 heavy (non-hydrogen) atoms. The van der Waals surface area contributed by atoms with Gasteiger partial charge >= 0.3 is 5.97 Å². The third-order valence-corrected chi connectivity index (χ3v) is 6.67. The first-order chi connectivity index (χ1) is 15.9. The number of aryl methyl sites for hydroxylation is 1. The number of aromatic nitrogens is 2. The number of carboxylic acid groups (broad SMARTS) is 1. The summed E-state index contributed by atoms with van der Waals surface area (Å²) in [5, 5.41) is 12.5. The van der Waals surface area contributed by atoms with E-state index in [-0.39, 0.29) is 11.5 Å². The Kier molecular flexibility index (Phi) is 6.75. The van der Waals surface area contributed by atoms with Crippen LogP contribution in [0.1, 0.15) is 26.5 Å². The number of thiophene rings is 1. The second-order valence-electron chi connectivity index (χ2n) is 8.27. The zero-order valence-corrected chi connectivity index (χ0v) is 19.5. The smallest absolute Gasteiger partial charge is 0.343 e. The number of nitrogens with zero attached hydrogens (tertiary/aromatic N) is 5. The molecule has 0 bridgehead atoms. The van der Waals surface area contributed by atoms with Crippen LogP contribution in [0, 0.1) is 0 Å². The summed E-state index contributed by atoms with van der Waals surface area (Å²) < 4.78 is 1.47. The minimum atomic E-state index is -1.25. The highest BCUT2D eigenvalue weighted by Crippen LogP contribution is 2.29. The lowest BCUT2D eigenvalue weighted by Gasteiger charge is -2.37. The van der Waals surface area contributed by atoms with Gasteiger partial charge in [0, 0.05) is 44.3 Å². The molecule has 3 aromatic rings. The van der Waals surface area contributed by atoms with Gasteiger partial charge in [0.15, 0.2) is 0 Å². The monoisotopic (exact) mass is 469 g/mol. The van der Waals surface area contributed by atoms with Gasteiger partial charge in [-0.15, -0.1) is 11.3 Å². The minimum absolute atomic E-state index is 0.0223. The molecule has 0 aromatic carbocycles. The maximum absolute atomic E-state index is 13.3. The lowest BCUT2D eigenvalue weighted by atomic mass is 10.1. The summed E-state index contributed by atoms with van der Waals surface area (Å²) in [4.78, 5) is 49.1. The van der Waals surface area contributed by atoms with E-state index in [1.807, 2.05) is 41.4 Å². The van der Waals surface area contributed by atoms with E-state index in [1.165, 1.54) is 15.9 Å². The third-order valence-electron chi connectivity index (χ3n) is 5.81. The summed E-state index contributed by atoms with van der Waals surface area (Å²) in [6.07, 6.45) is 2.31. The molecule has 174 valence electrons. The maximum atomic E-state index is 13.3. The van der Waals surface area contributed by atoms with Gasteiger partial charge < -0.3 is 19.8 Å². The van der Waals surface area contributed by atoms with Crippen molar-refractivity contribution in [2.75, 3.05) is 51.7 Å². The van der Waals surface area contributed by atoms with Crippen LogP contribution in [0.25, 0.3) is 11.0 Å². The highest BCUT2D eigenvalue weighted by atomic mass is 32.1. The number of pyridine rings is 2. The number of hydrogen-bond donors (Lipinski definition) is 1. The van der Waals surface area contributed by atoms with Crippen molar-refractivity contribution in [3.63, 3.8) is 0 Å². The predicted molar refractivity (Wildman–Crippen MR) is 129 cm³/mol. The molecule has 9 nitrogen and oxygen atoms in total. The van der Waals surface area contributed by atoms with Crippen LogP contribution < -0.4 is 10.5 Å². The van der Waals surface area contributed by atoms with Gasteiger partial charge in [-0.3, -0.25) is 14.2 Å². The average Bonchev–Trinajstić information content (AvgIpc) is 3.34. The topological polar surface area (TPSA) is 99.0 Å². The summed E-state index contributed by atoms with van der Waals surface area (Å²) in [6.45, 7) is 2.92. The molecule has 1 fully saturated rings. The Morgan fingerprint density at radius 3 is 2.55 bits per heavy atom. The van der Waals surface area contributed by atoms with Crippen LogP contribution in [0.3, 0.4) is 0 Å². The molecule has 3 aromatic heterocycles. The Labute approximate surface area is 195 Å². The Morgan fingerprint density at radius 2 is 1.91 bits per heavy atom. The van der Waals surface area contributed by atoms with Crippen LogP contribution in [0.2, 0.25) is 0 Å². The summed E-state index contributed by atoms with van der Waals surface area (Å²) in [5.41, 5.74) is 0.0963. The van der Waals surface area contributed by atoms with E-state index in [1.54, 1.807) is 23.2 Å². The van der Waals surface area contributed by atoms with Gasteiger partial charge in [-0.2, -0.15) is 0 Å². The molecule has 0 aliphatic carbocycles. The van der Waals surface area contributed by atoms with E-state index < -0.39 is 11.5 Å². The van der Waals surface area contributed by atoms with Crippen molar-refractivity contribution in [3.05, 3.63) is 56.6 Å². The van der Waals surface area contributed by atoms with Crippen molar-refractivity contribution in [1.82, 2.24) is 19.4 Å². The largest absolute Gasteiger partial charge is 0.477 e. The first-order valence-corrected chi connectivity index (χ1v) is 11.7. The molecule has 1 saturated heterocycles. The molecule has 0 radical (unpaired) electrons. The second kappa shape index (κ2) is 9.72. The molecule has 1 aliphatic rings. The van der Waals surface area contributed by atoms with Crippen LogP contribution in [-0.2, 0) is 6.54 Å². The van der Waals surface area contributed by atoms with Crippen molar-refractivity contribution in [2.45, 2.75) is 13.0 Å². The van der Waals surface area contributed by atoms with Crippen molar-refractivity contribution in [1.29, 1.82) is 0 Å². The molecule has 4 rings (SSSR count). The number of piperazine rings is 1. The summed E-state index contributed by atoms with van der Waals surface area (Å²) in [6, 6.07) is 7.22. The third kappa shape index (κ3) is 4.62. The van der Waals surface area contributed by atoms with Gasteiger partial charge in [-0.1, -0.05) is 6.07 Å². The molecule has 10 heteroatoms. The maximum Gasteiger partial charge on any atom is 0.343 e.